The second kappa shape index (κ2) is 8.09. The van der Waals surface area contributed by atoms with Crippen LogP contribution in [0.2, 0.25) is 0 Å². The summed E-state index contributed by atoms with van der Waals surface area (Å²) in [7, 11) is 0. The second-order valence-electron chi connectivity index (χ2n) is 8.46. The van der Waals surface area contributed by atoms with Gasteiger partial charge in [-0.15, -0.1) is 5.10 Å². The van der Waals surface area contributed by atoms with Gasteiger partial charge in [-0.3, -0.25) is 0 Å². The molecular weight excluding hydrogens is 456 g/mol. The monoisotopic (exact) mass is 476 g/mol. The maximum Gasteiger partial charge on any atom is 0.230 e. The maximum absolute atomic E-state index is 6.39. The van der Waals surface area contributed by atoms with Crippen molar-refractivity contribution in [3.8, 4) is 23.2 Å². The van der Waals surface area contributed by atoms with Crippen molar-refractivity contribution in [2.75, 3.05) is 0 Å². The molecule has 1 aliphatic heterocycles. The van der Waals surface area contributed by atoms with Gasteiger partial charge in [0, 0.05) is 0 Å². The average molecular weight is 476 g/mol. The van der Waals surface area contributed by atoms with Gasteiger partial charge in [0.25, 0.3) is 0 Å². The SMILES string of the molecule is Cc1nn(-c2ccccc2)c2c1[C@@H](c1ccco1)c1c(ncn3nc(COc4ccccc4)nc13)O2. The normalized spacial score (nSPS) is 14.3. The Labute approximate surface area is 205 Å². The number of aryl methyl sites for hydroxylation is 1. The molecule has 0 bridgehead atoms. The summed E-state index contributed by atoms with van der Waals surface area (Å²) in [6.45, 7) is 2.20. The van der Waals surface area contributed by atoms with E-state index in [4.69, 9.17) is 24.0 Å². The highest BCUT2D eigenvalue weighted by Gasteiger charge is 2.39. The second-order valence-corrected chi connectivity index (χ2v) is 8.46. The van der Waals surface area contributed by atoms with E-state index >= 15 is 0 Å². The lowest BCUT2D eigenvalue weighted by molar-refractivity contribution is 0.296. The first-order valence-corrected chi connectivity index (χ1v) is 11.5. The number of benzene rings is 2. The Hall–Kier alpha value is -4.92. The molecule has 1 aliphatic rings. The number of hydrogen-bond donors (Lipinski definition) is 0. The van der Waals surface area contributed by atoms with E-state index in [-0.39, 0.29) is 12.5 Å². The van der Waals surface area contributed by atoms with Crippen molar-refractivity contribution < 1.29 is 13.9 Å². The Morgan fingerprint density at radius 3 is 2.50 bits per heavy atom. The number of furan rings is 1. The zero-order chi connectivity index (χ0) is 24.1. The molecule has 36 heavy (non-hydrogen) atoms. The summed E-state index contributed by atoms with van der Waals surface area (Å²) < 4.78 is 21.6. The van der Waals surface area contributed by atoms with E-state index in [2.05, 4.69) is 10.1 Å². The van der Waals surface area contributed by atoms with Crippen LogP contribution in [0.1, 0.15) is 34.3 Å². The van der Waals surface area contributed by atoms with Gasteiger partial charge in [-0.2, -0.15) is 5.10 Å². The van der Waals surface area contributed by atoms with Crippen molar-refractivity contribution in [2.45, 2.75) is 19.4 Å². The summed E-state index contributed by atoms with van der Waals surface area (Å²) in [6.07, 6.45) is 3.27. The van der Waals surface area contributed by atoms with E-state index in [1.54, 1.807) is 21.8 Å². The van der Waals surface area contributed by atoms with Crippen molar-refractivity contribution in [3.63, 3.8) is 0 Å². The molecule has 6 aromatic rings. The summed E-state index contributed by atoms with van der Waals surface area (Å²) in [5, 5.41) is 9.41. The Balaban J connectivity index is 1.37. The average Bonchev–Trinajstić information content (AvgIpc) is 3.67. The van der Waals surface area contributed by atoms with Crippen LogP contribution in [-0.4, -0.2) is 29.4 Å². The summed E-state index contributed by atoms with van der Waals surface area (Å²) in [6, 6.07) is 23.3. The number of ether oxygens (including phenoxy) is 2. The molecular formula is C27H20N6O3. The first kappa shape index (κ1) is 20.5. The van der Waals surface area contributed by atoms with Crippen molar-refractivity contribution in [1.82, 2.24) is 29.4 Å². The van der Waals surface area contributed by atoms with E-state index in [0.29, 0.717) is 23.2 Å². The minimum atomic E-state index is -0.320. The number of nitrogens with zero attached hydrogens (tertiary/aromatic N) is 6. The molecule has 1 atom stereocenters. The van der Waals surface area contributed by atoms with Crippen LogP contribution in [0.25, 0.3) is 11.3 Å². The van der Waals surface area contributed by atoms with Crippen molar-refractivity contribution in [3.05, 3.63) is 114 Å². The lowest BCUT2D eigenvalue weighted by Gasteiger charge is -2.24. The van der Waals surface area contributed by atoms with Crippen molar-refractivity contribution >= 4 is 5.65 Å². The standard InChI is InChI=1S/C27H20N6O3/c1-17-22-23(20-13-8-14-34-20)24-25-29-21(15-35-19-11-6-3-7-12-19)31-32(25)16-28-26(24)36-27(22)33(30-17)18-9-4-2-5-10-18/h2-14,16,23H,15H2,1H3/t23-/m1/s1. The molecule has 5 heterocycles. The Morgan fingerprint density at radius 2 is 1.72 bits per heavy atom. The third-order valence-electron chi connectivity index (χ3n) is 6.20. The Morgan fingerprint density at radius 1 is 0.917 bits per heavy atom. The molecule has 9 heteroatoms. The first-order valence-electron chi connectivity index (χ1n) is 11.5. The van der Waals surface area contributed by atoms with E-state index in [1.165, 1.54) is 0 Å². The van der Waals surface area contributed by atoms with Crippen LogP contribution in [-0.2, 0) is 6.61 Å². The fourth-order valence-electron chi connectivity index (χ4n) is 4.63. The minimum absolute atomic E-state index is 0.225. The molecule has 0 saturated heterocycles. The molecule has 0 aliphatic carbocycles. The zero-order valence-electron chi connectivity index (χ0n) is 19.3. The predicted molar refractivity (Wildman–Crippen MR) is 130 cm³/mol. The highest BCUT2D eigenvalue weighted by molar-refractivity contribution is 5.65. The smallest absolute Gasteiger partial charge is 0.230 e. The summed E-state index contributed by atoms with van der Waals surface area (Å²) >= 11 is 0. The molecule has 0 amide bonds. The van der Waals surface area contributed by atoms with Crippen LogP contribution in [0.5, 0.6) is 17.5 Å². The van der Waals surface area contributed by atoms with Crippen LogP contribution in [0, 0.1) is 6.92 Å². The van der Waals surface area contributed by atoms with Crippen LogP contribution in [0.15, 0.2) is 89.8 Å². The van der Waals surface area contributed by atoms with Gasteiger partial charge in [-0.1, -0.05) is 36.4 Å². The van der Waals surface area contributed by atoms with Crippen molar-refractivity contribution in [2.24, 2.45) is 0 Å². The number of rotatable bonds is 5. The Bertz CT molecular complexity index is 1670. The van der Waals surface area contributed by atoms with Gasteiger partial charge in [0.1, 0.15) is 24.4 Å². The van der Waals surface area contributed by atoms with Gasteiger partial charge < -0.3 is 13.9 Å². The molecule has 9 nitrogen and oxygen atoms in total. The van der Waals surface area contributed by atoms with E-state index < -0.39 is 0 Å². The summed E-state index contributed by atoms with van der Waals surface area (Å²) in [4.78, 5) is 9.40. The highest BCUT2D eigenvalue weighted by atomic mass is 16.5. The zero-order valence-corrected chi connectivity index (χ0v) is 19.3. The van der Waals surface area contributed by atoms with E-state index in [0.717, 1.165) is 34.0 Å². The number of para-hydroxylation sites is 2. The quantitative estimate of drug-likeness (QED) is 0.342. The molecule has 0 radical (unpaired) electrons. The van der Waals surface area contributed by atoms with Crippen LogP contribution >= 0.6 is 0 Å². The molecule has 0 unspecified atom stereocenters. The number of hydrogen-bond acceptors (Lipinski definition) is 7. The summed E-state index contributed by atoms with van der Waals surface area (Å²) in [5.74, 6) is 2.76. The molecule has 176 valence electrons. The maximum atomic E-state index is 6.39. The Kier molecular flexibility index (Phi) is 4.60. The summed E-state index contributed by atoms with van der Waals surface area (Å²) in [5.41, 5.74) is 4.03. The molecule has 4 aromatic heterocycles. The fraction of sp³-hybridized carbons (Fsp3) is 0.111. The topological polar surface area (TPSA) is 92.5 Å². The van der Waals surface area contributed by atoms with Gasteiger partial charge in [0.2, 0.25) is 11.8 Å². The van der Waals surface area contributed by atoms with Crippen LogP contribution in [0.4, 0.5) is 0 Å². The highest BCUT2D eigenvalue weighted by Crippen LogP contribution is 2.49. The van der Waals surface area contributed by atoms with Crippen molar-refractivity contribution in [1.29, 1.82) is 0 Å². The van der Waals surface area contributed by atoms with Crippen LogP contribution < -0.4 is 9.47 Å². The molecule has 0 spiro atoms. The third kappa shape index (κ3) is 3.24. The predicted octanol–water partition coefficient (Wildman–Crippen LogP) is 5.08. The number of aromatic nitrogens is 6. The van der Waals surface area contributed by atoms with Gasteiger partial charge in [0.05, 0.1) is 34.7 Å². The largest absolute Gasteiger partial charge is 0.486 e. The third-order valence-corrected chi connectivity index (χ3v) is 6.20. The van der Waals surface area contributed by atoms with Crippen LogP contribution in [0.3, 0.4) is 0 Å². The molecule has 7 rings (SSSR count). The lowest BCUT2D eigenvalue weighted by Crippen LogP contribution is -2.15. The van der Waals surface area contributed by atoms with Gasteiger partial charge in [-0.25, -0.2) is 19.2 Å². The fourth-order valence-corrected chi connectivity index (χ4v) is 4.63. The van der Waals surface area contributed by atoms with E-state index in [9.17, 15) is 0 Å². The minimum Gasteiger partial charge on any atom is -0.486 e. The van der Waals surface area contributed by atoms with E-state index in [1.807, 2.05) is 79.7 Å². The molecule has 0 saturated carbocycles. The lowest BCUT2D eigenvalue weighted by atomic mass is 9.88. The van der Waals surface area contributed by atoms with Gasteiger partial charge >= 0.3 is 0 Å². The van der Waals surface area contributed by atoms with Gasteiger partial charge in [0.15, 0.2) is 11.5 Å². The van der Waals surface area contributed by atoms with Gasteiger partial charge in [-0.05, 0) is 43.3 Å². The molecule has 0 fully saturated rings. The molecule has 2 aromatic carbocycles. The first-order chi connectivity index (χ1) is 17.8. The number of fused-ring (bicyclic) bond motifs is 4. The molecule has 0 N–H and O–H groups in total.